The number of carbonyl (C=O) groups excluding carboxylic acids is 2. The number of hydrogen-bond acceptors (Lipinski definition) is 4. The molecule has 26 heavy (non-hydrogen) atoms. The maximum atomic E-state index is 12.6. The van der Waals surface area contributed by atoms with Gasteiger partial charge in [0.1, 0.15) is 6.54 Å². The maximum Gasteiger partial charge on any atom is 0.325 e. The largest absolute Gasteiger partial charge is 0.468 e. The molecule has 132 valence electrons. The van der Waals surface area contributed by atoms with Gasteiger partial charge in [0, 0.05) is 12.6 Å². The number of rotatable bonds is 6. The van der Waals surface area contributed by atoms with Crippen LogP contribution in [0.15, 0.2) is 54.6 Å². The van der Waals surface area contributed by atoms with Crippen LogP contribution in [0.2, 0.25) is 0 Å². The topological polar surface area (TPSA) is 70.4 Å². The van der Waals surface area contributed by atoms with Gasteiger partial charge in [-0.3, -0.25) is 9.59 Å². The average Bonchev–Trinajstić information content (AvgIpc) is 2.67. The maximum absolute atomic E-state index is 12.6. The van der Waals surface area contributed by atoms with Gasteiger partial charge in [0.25, 0.3) is 0 Å². The van der Waals surface area contributed by atoms with E-state index in [-0.39, 0.29) is 12.5 Å². The van der Waals surface area contributed by atoms with E-state index in [2.05, 4.69) is 0 Å². The lowest BCUT2D eigenvalue weighted by Gasteiger charge is -2.21. The van der Waals surface area contributed by atoms with E-state index in [9.17, 15) is 9.59 Å². The smallest absolute Gasteiger partial charge is 0.325 e. The molecule has 0 heterocycles. The molecule has 0 unspecified atom stereocenters. The molecule has 5 nitrogen and oxygen atoms in total. The van der Waals surface area contributed by atoms with Gasteiger partial charge >= 0.3 is 5.97 Å². The first-order valence-corrected chi connectivity index (χ1v) is 8.12. The third kappa shape index (κ3) is 5.32. The number of amides is 1. The zero-order valence-electron chi connectivity index (χ0n) is 14.8. The van der Waals surface area contributed by atoms with E-state index in [0.29, 0.717) is 12.1 Å². The molecule has 0 saturated heterocycles. The molecule has 0 radical (unpaired) electrons. The molecule has 0 aromatic heterocycles. The van der Waals surface area contributed by atoms with Crippen molar-refractivity contribution in [3.63, 3.8) is 0 Å². The molecule has 0 aliphatic carbocycles. The second-order valence-corrected chi connectivity index (χ2v) is 5.76. The summed E-state index contributed by atoms with van der Waals surface area (Å²) in [4.78, 5) is 25.7. The number of hydrogen-bond donors (Lipinski definition) is 0. The summed E-state index contributed by atoms with van der Waals surface area (Å²) in [7, 11) is 1.30. The summed E-state index contributed by atoms with van der Waals surface area (Å²) in [6.07, 6.45) is 3.08. The van der Waals surface area contributed by atoms with Crippen LogP contribution < -0.4 is 0 Å². The Bertz CT molecular complexity index is 848. The summed E-state index contributed by atoms with van der Waals surface area (Å²) in [5.41, 5.74) is 3.37. The van der Waals surface area contributed by atoms with Gasteiger partial charge in [0.05, 0.1) is 18.7 Å². The van der Waals surface area contributed by atoms with Gasteiger partial charge in [-0.15, -0.1) is 0 Å². The van der Waals surface area contributed by atoms with Crippen LogP contribution in [0.3, 0.4) is 0 Å². The summed E-state index contributed by atoms with van der Waals surface area (Å²) < 4.78 is 4.70. The van der Waals surface area contributed by atoms with Crippen LogP contribution in [-0.4, -0.2) is 30.4 Å². The molecule has 0 aliphatic heterocycles. The molecule has 1 amide bonds. The van der Waals surface area contributed by atoms with Crippen molar-refractivity contribution < 1.29 is 14.3 Å². The lowest BCUT2D eigenvalue weighted by molar-refractivity contribution is -0.145. The van der Waals surface area contributed by atoms with E-state index in [0.717, 1.165) is 16.7 Å². The van der Waals surface area contributed by atoms with Crippen molar-refractivity contribution in [1.82, 2.24) is 4.90 Å². The third-order valence-corrected chi connectivity index (χ3v) is 3.94. The first-order chi connectivity index (χ1) is 12.5. The highest BCUT2D eigenvalue weighted by molar-refractivity contribution is 5.93. The molecule has 2 aromatic rings. The third-order valence-electron chi connectivity index (χ3n) is 3.94. The van der Waals surface area contributed by atoms with Crippen molar-refractivity contribution in [3.05, 3.63) is 76.9 Å². The Balaban J connectivity index is 2.16. The Kier molecular flexibility index (Phi) is 6.69. The van der Waals surface area contributed by atoms with Crippen molar-refractivity contribution in [2.24, 2.45) is 0 Å². The lowest BCUT2D eigenvalue weighted by Crippen LogP contribution is -2.34. The van der Waals surface area contributed by atoms with Crippen molar-refractivity contribution in [2.75, 3.05) is 13.7 Å². The van der Waals surface area contributed by atoms with Gasteiger partial charge in [-0.05, 0) is 41.8 Å². The minimum Gasteiger partial charge on any atom is -0.468 e. The second-order valence-electron chi connectivity index (χ2n) is 5.76. The van der Waals surface area contributed by atoms with E-state index in [1.807, 2.05) is 37.3 Å². The van der Waals surface area contributed by atoms with Crippen LogP contribution in [-0.2, 0) is 20.9 Å². The fourth-order valence-corrected chi connectivity index (χ4v) is 2.37. The van der Waals surface area contributed by atoms with Crippen LogP contribution in [0.5, 0.6) is 0 Å². The van der Waals surface area contributed by atoms with Gasteiger partial charge in [-0.2, -0.15) is 5.26 Å². The van der Waals surface area contributed by atoms with Crippen molar-refractivity contribution in [1.29, 1.82) is 5.26 Å². The van der Waals surface area contributed by atoms with E-state index in [1.165, 1.54) is 18.1 Å². The van der Waals surface area contributed by atoms with Crippen LogP contribution in [0.4, 0.5) is 0 Å². The van der Waals surface area contributed by atoms with Crippen LogP contribution >= 0.6 is 0 Å². The fraction of sp³-hybridized carbons (Fsp3) is 0.190. The highest BCUT2D eigenvalue weighted by Gasteiger charge is 2.16. The molecule has 0 atom stereocenters. The zero-order chi connectivity index (χ0) is 18.9. The van der Waals surface area contributed by atoms with Gasteiger partial charge in [0.2, 0.25) is 5.91 Å². The highest BCUT2D eigenvalue weighted by Crippen LogP contribution is 2.12. The average molecular weight is 348 g/mol. The first kappa shape index (κ1) is 18.9. The van der Waals surface area contributed by atoms with Crippen LogP contribution in [0.1, 0.15) is 22.3 Å². The van der Waals surface area contributed by atoms with E-state index >= 15 is 0 Å². The lowest BCUT2D eigenvalue weighted by atomic mass is 10.1. The number of ether oxygens (including phenoxy) is 1. The summed E-state index contributed by atoms with van der Waals surface area (Å²) >= 11 is 0. The number of aryl methyl sites for hydroxylation is 1. The number of esters is 1. The Hall–Kier alpha value is -3.39. The van der Waals surface area contributed by atoms with E-state index < -0.39 is 5.97 Å². The van der Waals surface area contributed by atoms with Gasteiger partial charge in [-0.25, -0.2) is 0 Å². The molecular weight excluding hydrogens is 328 g/mol. The summed E-state index contributed by atoms with van der Waals surface area (Å²) in [6, 6.07) is 16.6. The molecular formula is C21H20N2O3. The number of benzene rings is 2. The van der Waals surface area contributed by atoms with Gasteiger partial charge < -0.3 is 9.64 Å². The molecule has 2 aromatic carbocycles. The van der Waals surface area contributed by atoms with Gasteiger partial charge in [-0.1, -0.05) is 36.4 Å². The molecule has 0 saturated carbocycles. The van der Waals surface area contributed by atoms with Crippen LogP contribution in [0.25, 0.3) is 6.08 Å². The monoisotopic (exact) mass is 348 g/mol. The SMILES string of the molecule is COC(=O)CN(Cc1ccccc1C)C(=O)/C=C/c1ccc(C#N)cc1. The summed E-state index contributed by atoms with van der Waals surface area (Å²) in [6.45, 7) is 2.16. The predicted octanol–water partition coefficient (Wildman–Crippen LogP) is 3.08. The quantitative estimate of drug-likeness (QED) is 0.594. The number of nitrogens with zero attached hydrogens (tertiary/aromatic N) is 2. The highest BCUT2D eigenvalue weighted by atomic mass is 16.5. The Morgan fingerprint density at radius 3 is 2.46 bits per heavy atom. The Morgan fingerprint density at radius 1 is 1.15 bits per heavy atom. The second kappa shape index (κ2) is 9.19. The number of nitriles is 1. The minimum absolute atomic E-state index is 0.124. The van der Waals surface area contributed by atoms with E-state index in [4.69, 9.17) is 10.00 Å². The van der Waals surface area contributed by atoms with Crippen LogP contribution in [0, 0.1) is 18.3 Å². The molecule has 0 aliphatic rings. The molecule has 0 bridgehead atoms. The van der Waals surface area contributed by atoms with Crippen molar-refractivity contribution in [3.8, 4) is 6.07 Å². The molecule has 0 spiro atoms. The Morgan fingerprint density at radius 2 is 1.85 bits per heavy atom. The summed E-state index contributed by atoms with van der Waals surface area (Å²) in [5.74, 6) is -0.762. The molecule has 0 fully saturated rings. The van der Waals surface area contributed by atoms with Gasteiger partial charge in [0.15, 0.2) is 0 Å². The fourth-order valence-electron chi connectivity index (χ4n) is 2.37. The van der Waals surface area contributed by atoms with E-state index in [1.54, 1.807) is 30.3 Å². The number of methoxy groups -OCH3 is 1. The first-order valence-electron chi connectivity index (χ1n) is 8.12. The zero-order valence-corrected chi connectivity index (χ0v) is 14.8. The Labute approximate surface area is 153 Å². The predicted molar refractivity (Wildman–Crippen MR) is 98.8 cm³/mol. The standard InChI is InChI=1S/C21H20N2O3/c1-16-5-3-4-6-19(16)14-23(15-21(25)26-2)20(24)12-11-17-7-9-18(13-22)10-8-17/h3-12H,14-15H2,1-2H3/b12-11+. The minimum atomic E-state index is -0.473. The molecule has 5 heteroatoms. The van der Waals surface area contributed by atoms with Crippen molar-refractivity contribution >= 4 is 18.0 Å². The summed E-state index contributed by atoms with van der Waals surface area (Å²) in [5, 5.41) is 8.82. The van der Waals surface area contributed by atoms with Crippen molar-refractivity contribution in [2.45, 2.75) is 13.5 Å². The number of carbonyl (C=O) groups is 2. The normalized spacial score (nSPS) is 10.3. The molecule has 2 rings (SSSR count). The molecule has 0 N–H and O–H groups in total.